The van der Waals surface area contributed by atoms with E-state index in [9.17, 15) is 0 Å². The van der Waals surface area contributed by atoms with E-state index in [-0.39, 0.29) is 6.61 Å². The second kappa shape index (κ2) is 7.43. The van der Waals surface area contributed by atoms with Gasteiger partial charge < -0.3 is 15.2 Å². The number of hydrogen-bond donors (Lipinski definition) is 2. The Kier molecular flexibility index (Phi) is 5.57. The lowest BCUT2D eigenvalue weighted by molar-refractivity contribution is 0.0922. The molecule has 2 N–H and O–H groups in total. The van der Waals surface area contributed by atoms with Crippen molar-refractivity contribution in [2.24, 2.45) is 0 Å². The smallest absolute Gasteiger partial charge is 0.133 e. The van der Waals surface area contributed by atoms with E-state index in [4.69, 9.17) is 9.84 Å². The van der Waals surface area contributed by atoms with Crippen molar-refractivity contribution in [3.05, 3.63) is 34.9 Å². The molecular formula is C14H17BrN2O2. The molecule has 102 valence electrons. The van der Waals surface area contributed by atoms with Crippen LogP contribution >= 0.6 is 15.9 Å². The van der Waals surface area contributed by atoms with Gasteiger partial charge in [-0.15, -0.1) is 0 Å². The number of aromatic nitrogens is 1. The first-order chi connectivity index (χ1) is 9.33. The molecule has 1 aromatic carbocycles. The quantitative estimate of drug-likeness (QED) is 0.769. The van der Waals surface area contributed by atoms with Crippen LogP contribution in [0.2, 0.25) is 0 Å². The second-order valence-corrected chi connectivity index (χ2v) is 4.97. The minimum atomic E-state index is 0.0757. The maximum Gasteiger partial charge on any atom is 0.133 e. The van der Waals surface area contributed by atoms with Crippen molar-refractivity contribution in [1.82, 2.24) is 4.98 Å². The van der Waals surface area contributed by atoms with Gasteiger partial charge >= 0.3 is 0 Å². The fourth-order valence-electron chi connectivity index (χ4n) is 1.86. The summed E-state index contributed by atoms with van der Waals surface area (Å²) in [5.41, 5.74) is 0. The summed E-state index contributed by atoms with van der Waals surface area (Å²) in [4.78, 5) is 4.37. The molecule has 1 aromatic heterocycles. The van der Waals surface area contributed by atoms with Gasteiger partial charge in [-0.2, -0.15) is 0 Å². The van der Waals surface area contributed by atoms with Crippen LogP contribution < -0.4 is 5.32 Å². The number of benzene rings is 1. The Morgan fingerprint density at radius 2 is 2.11 bits per heavy atom. The summed E-state index contributed by atoms with van der Waals surface area (Å²) in [6, 6.07) is 8.07. The van der Waals surface area contributed by atoms with Crippen molar-refractivity contribution < 1.29 is 9.84 Å². The number of nitrogens with zero attached hydrogens (tertiary/aromatic N) is 1. The van der Waals surface area contributed by atoms with Crippen LogP contribution in [0.5, 0.6) is 0 Å². The maximum absolute atomic E-state index is 8.59. The molecule has 0 atom stereocenters. The van der Waals surface area contributed by atoms with Gasteiger partial charge in [0.15, 0.2) is 0 Å². The summed E-state index contributed by atoms with van der Waals surface area (Å²) in [5, 5.41) is 14.2. The van der Waals surface area contributed by atoms with Crippen LogP contribution in [0.3, 0.4) is 0 Å². The van der Waals surface area contributed by atoms with Gasteiger partial charge in [-0.25, -0.2) is 4.98 Å². The zero-order chi connectivity index (χ0) is 13.5. The third-order valence-electron chi connectivity index (χ3n) is 2.75. The Bertz CT molecular complexity index is 534. The number of nitrogens with one attached hydrogen (secondary N) is 1. The number of pyridine rings is 1. The fourth-order valence-corrected chi connectivity index (χ4v) is 2.36. The van der Waals surface area contributed by atoms with Crippen LogP contribution in [0.25, 0.3) is 10.8 Å². The lowest BCUT2D eigenvalue weighted by atomic mass is 10.1. The number of fused-ring (bicyclic) bond motifs is 1. The molecule has 2 rings (SSSR count). The lowest BCUT2D eigenvalue weighted by Gasteiger charge is -2.09. The molecule has 0 bridgehead atoms. The van der Waals surface area contributed by atoms with Crippen LogP contribution in [0.15, 0.2) is 34.9 Å². The number of hydrogen-bond acceptors (Lipinski definition) is 4. The number of ether oxygens (including phenoxy) is 1. The molecule has 4 nitrogen and oxygen atoms in total. The average Bonchev–Trinajstić information content (AvgIpc) is 2.43. The molecule has 0 aliphatic carbocycles. The summed E-state index contributed by atoms with van der Waals surface area (Å²) in [6.45, 7) is 1.91. The summed E-state index contributed by atoms with van der Waals surface area (Å²) in [5.74, 6) is 0.890. The Labute approximate surface area is 120 Å². The van der Waals surface area contributed by atoms with Gasteiger partial charge in [-0.1, -0.05) is 28.1 Å². The van der Waals surface area contributed by atoms with Crippen LogP contribution in [0.1, 0.15) is 6.42 Å². The minimum Gasteiger partial charge on any atom is -0.394 e. The van der Waals surface area contributed by atoms with Gasteiger partial charge in [-0.05, 0) is 18.6 Å². The Morgan fingerprint density at radius 1 is 1.21 bits per heavy atom. The van der Waals surface area contributed by atoms with E-state index in [1.54, 1.807) is 6.20 Å². The van der Waals surface area contributed by atoms with Gasteiger partial charge in [0.2, 0.25) is 0 Å². The molecule has 0 amide bonds. The zero-order valence-corrected chi connectivity index (χ0v) is 12.2. The van der Waals surface area contributed by atoms with Crippen molar-refractivity contribution in [2.75, 3.05) is 31.7 Å². The molecule has 0 saturated carbocycles. The fraction of sp³-hybridized carbons (Fsp3) is 0.357. The molecule has 0 spiro atoms. The first kappa shape index (κ1) is 14.2. The summed E-state index contributed by atoms with van der Waals surface area (Å²) >= 11 is 3.54. The minimum absolute atomic E-state index is 0.0757. The Morgan fingerprint density at radius 3 is 2.95 bits per heavy atom. The van der Waals surface area contributed by atoms with E-state index in [1.807, 2.05) is 18.2 Å². The zero-order valence-electron chi connectivity index (χ0n) is 10.6. The number of halogens is 1. The topological polar surface area (TPSA) is 54.4 Å². The molecule has 1 heterocycles. The monoisotopic (exact) mass is 324 g/mol. The molecule has 0 fully saturated rings. The van der Waals surface area contributed by atoms with Crippen LogP contribution in [-0.2, 0) is 4.74 Å². The van der Waals surface area contributed by atoms with E-state index < -0.39 is 0 Å². The van der Waals surface area contributed by atoms with Gasteiger partial charge in [0.05, 0.1) is 13.2 Å². The normalized spacial score (nSPS) is 10.8. The molecule has 0 aliphatic heterocycles. The molecule has 19 heavy (non-hydrogen) atoms. The number of aliphatic hydroxyl groups excluding tert-OH is 1. The highest BCUT2D eigenvalue weighted by atomic mass is 79.9. The van der Waals surface area contributed by atoms with E-state index in [1.165, 1.54) is 0 Å². The van der Waals surface area contributed by atoms with Crippen molar-refractivity contribution in [3.63, 3.8) is 0 Å². The highest BCUT2D eigenvalue weighted by Crippen LogP contribution is 2.27. The first-order valence-corrected chi connectivity index (χ1v) is 7.08. The second-order valence-electron chi connectivity index (χ2n) is 4.11. The summed E-state index contributed by atoms with van der Waals surface area (Å²) in [6.07, 6.45) is 2.68. The Hall–Kier alpha value is -1.17. The molecule has 0 radical (unpaired) electrons. The highest BCUT2D eigenvalue weighted by molar-refractivity contribution is 9.10. The number of rotatable bonds is 7. The predicted molar refractivity (Wildman–Crippen MR) is 80.5 cm³/mol. The van der Waals surface area contributed by atoms with Crippen molar-refractivity contribution in [1.29, 1.82) is 0 Å². The van der Waals surface area contributed by atoms with Crippen molar-refractivity contribution in [3.8, 4) is 0 Å². The van der Waals surface area contributed by atoms with E-state index >= 15 is 0 Å². The van der Waals surface area contributed by atoms with Gasteiger partial charge in [-0.3, -0.25) is 0 Å². The maximum atomic E-state index is 8.59. The van der Waals surface area contributed by atoms with Crippen LogP contribution in [-0.4, -0.2) is 36.5 Å². The molecule has 5 heteroatoms. The summed E-state index contributed by atoms with van der Waals surface area (Å²) in [7, 11) is 0. The summed E-state index contributed by atoms with van der Waals surface area (Å²) < 4.78 is 6.28. The van der Waals surface area contributed by atoms with Gasteiger partial charge in [0.25, 0.3) is 0 Å². The lowest BCUT2D eigenvalue weighted by Crippen LogP contribution is -2.08. The van der Waals surface area contributed by atoms with Crippen molar-refractivity contribution in [2.45, 2.75) is 6.42 Å². The molecule has 0 saturated heterocycles. The number of anilines is 1. The first-order valence-electron chi connectivity index (χ1n) is 6.28. The van der Waals surface area contributed by atoms with Gasteiger partial charge in [0.1, 0.15) is 5.82 Å². The molecular weight excluding hydrogens is 308 g/mol. The van der Waals surface area contributed by atoms with E-state index in [0.717, 1.165) is 34.0 Å². The predicted octanol–water partition coefficient (Wildman–Crippen LogP) is 2.81. The molecule has 0 unspecified atom stereocenters. The highest BCUT2D eigenvalue weighted by Gasteiger charge is 2.03. The third-order valence-corrected chi connectivity index (χ3v) is 3.44. The van der Waals surface area contributed by atoms with Crippen LogP contribution in [0, 0.1) is 0 Å². The SMILES string of the molecule is OCCOCCCNc1nccc2c(Br)cccc12. The molecule has 2 aromatic rings. The van der Waals surface area contributed by atoms with E-state index in [2.05, 4.69) is 32.3 Å². The van der Waals surface area contributed by atoms with Crippen molar-refractivity contribution >= 4 is 32.5 Å². The largest absolute Gasteiger partial charge is 0.394 e. The van der Waals surface area contributed by atoms with Gasteiger partial charge in [0, 0.05) is 34.6 Å². The molecule has 0 aliphatic rings. The van der Waals surface area contributed by atoms with Crippen LogP contribution in [0.4, 0.5) is 5.82 Å². The number of aliphatic hydroxyl groups is 1. The third kappa shape index (κ3) is 3.89. The van der Waals surface area contributed by atoms with E-state index in [0.29, 0.717) is 13.2 Å². The standard InChI is InChI=1S/C14H17BrN2O2/c15-13-4-1-3-12-11(13)5-7-17-14(12)16-6-2-9-19-10-8-18/h1,3-5,7,18H,2,6,8-10H2,(H,16,17). The Balaban J connectivity index is 1.95. The average molecular weight is 325 g/mol.